The van der Waals surface area contributed by atoms with E-state index in [1.807, 2.05) is 32.9 Å². The number of hydrogen-bond acceptors (Lipinski definition) is 8. The third-order valence-corrected chi connectivity index (χ3v) is 7.16. The fraction of sp³-hybridized carbons (Fsp3) is 0.538. The summed E-state index contributed by atoms with van der Waals surface area (Å²) in [6.07, 6.45) is 3.20. The number of ether oxygens (including phenoxy) is 1. The number of rotatable bonds is 8. The molecule has 1 saturated carbocycles. The molecule has 3 heterocycles. The average molecular weight is 492 g/mol. The molecule has 2 aliphatic rings. The Morgan fingerprint density at radius 3 is 2.53 bits per heavy atom. The predicted molar refractivity (Wildman–Crippen MR) is 134 cm³/mol. The van der Waals surface area contributed by atoms with Crippen LogP contribution in [0.3, 0.4) is 0 Å². The molecule has 1 aliphatic heterocycles. The molecular weight excluding hydrogens is 458 g/mol. The Labute approximate surface area is 211 Å². The first-order chi connectivity index (χ1) is 17.1. The van der Waals surface area contributed by atoms with Crippen LogP contribution < -0.4 is 15.4 Å². The lowest BCUT2D eigenvalue weighted by Gasteiger charge is -2.33. The number of primary amides is 1. The van der Waals surface area contributed by atoms with Gasteiger partial charge in [0.1, 0.15) is 23.8 Å². The van der Waals surface area contributed by atoms with Crippen molar-refractivity contribution in [2.24, 2.45) is 11.1 Å². The van der Waals surface area contributed by atoms with E-state index in [9.17, 15) is 14.9 Å². The summed E-state index contributed by atoms with van der Waals surface area (Å²) in [5, 5.41) is 9.38. The number of nitrogens with two attached hydrogens (primary N) is 1. The van der Waals surface area contributed by atoms with Gasteiger partial charge in [-0.1, -0.05) is 6.07 Å². The predicted octanol–water partition coefficient (Wildman–Crippen LogP) is 2.83. The van der Waals surface area contributed by atoms with Crippen molar-refractivity contribution in [3.63, 3.8) is 0 Å². The Morgan fingerprint density at radius 1 is 1.25 bits per heavy atom. The van der Waals surface area contributed by atoms with Gasteiger partial charge in [-0.15, -0.1) is 0 Å². The lowest BCUT2D eigenvalue weighted by atomic mass is 9.92. The molecule has 36 heavy (non-hydrogen) atoms. The number of carbonyl (C=O) groups is 2. The summed E-state index contributed by atoms with van der Waals surface area (Å²) in [6, 6.07) is 7.99. The summed E-state index contributed by atoms with van der Waals surface area (Å²) in [5.41, 5.74) is 7.22. The van der Waals surface area contributed by atoms with Gasteiger partial charge in [-0.3, -0.25) is 9.59 Å². The number of piperidine rings is 1. The monoisotopic (exact) mass is 491 g/mol. The van der Waals surface area contributed by atoms with Gasteiger partial charge in [-0.2, -0.15) is 15.2 Å². The molecule has 2 N–H and O–H groups in total. The van der Waals surface area contributed by atoms with Crippen LogP contribution in [0.2, 0.25) is 0 Å². The van der Waals surface area contributed by atoms with E-state index in [2.05, 4.69) is 25.9 Å². The second kappa shape index (κ2) is 10.1. The summed E-state index contributed by atoms with van der Waals surface area (Å²) >= 11 is 0. The standard InChI is InChI=1S/C26H33N7O3/c1-16(2)32(4)24(35)20-13-21(31-25(30-20)36-15-26(14-27)9-10-26)33-11-7-18(8-12-33)19-6-5-17(3)22(29-19)23(28)34/h5-6,13,16,18H,7-12,15H2,1-4H3,(H2,28,34). The highest BCUT2D eigenvalue weighted by atomic mass is 16.5. The van der Waals surface area contributed by atoms with Gasteiger partial charge in [0.25, 0.3) is 11.8 Å². The van der Waals surface area contributed by atoms with Crippen molar-refractivity contribution in [1.82, 2.24) is 19.9 Å². The van der Waals surface area contributed by atoms with Crippen LogP contribution >= 0.6 is 0 Å². The van der Waals surface area contributed by atoms with E-state index in [0.29, 0.717) is 24.6 Å². The Kier molecular flexibility index (Phi) is 7.11. The number of aromatic nitrogens is 3. The van der Waals surface area contributed by atoms with Gasteiger partial charge in [0.2, 0.25) is 0 Å². The Balaban J connectivity index is 1.53. The number of amides is 2. The quantitative estimate of drug-likeness (QED) is 0.595. The molecule has 2 fully saturated rings. The molecule has 1 aliphatic carbocycles. The van der Waals surface area contributed by atoms with Crippen LogP contribution in [-0.2, 0) is 0 Å². The first-order valence-electron chi connectivity index (χ1n) is 12.3. The Hall–Kier alpha value is -3.74. The molecule has 0 spiro atoms. The molecule has 4 rings (SSSR count). The number of aryl methyl sites for hydroxylation is 1. The maximum absolute atomic E-state index is 13.1. The number of carbonyl (C=O) groups excluding carboxylic acids is 2. The largest absolute Gasteiger partial charge is 0.462 e. The van der Waals surface area contributed by atoms with Crippen LogP contribution in [0.5, 0.6) is 6.01 Å². The van der Waals surface area contributed by atoms with Crippen LogP contribution in [0.15, 0.2) is 18.2 Å². The number of anilines is 1. The van der Waals surface area contributed by atoms with Crippen LogP contribution in [0.1, 0.15) is 77.7 Å². The molecule has 10 nitrogen and oxygen atoms in total. The van der Waals surface area contributed by atoms with Gasteiger partial charge in [-0.05, 0) is 58.1 Å². The molecule has 10 heteroatoms. The highest BCUT2D eigenvalue weighted by Crippen LogP contribution is 2.45. The molecule has 0 bridgehead atoms. The highest BCUT2D eigenvalue weighted by molar-refractivity contribution is 5.93. The Morgan fingerprint density at radius 2 is 1.94 bits per heavy atom. The van der Waals surface area contributed by atoms with Gasteiger partial charge in [0.15, 0.2) is 0 Å². The van der Waals surface area contributed by atoms with E-state index in [1.54, 1.807) is 18.0 Å². The van der Waals surface area contributed by atoms with Gasteiger partial charge >= 0.3 is 6.01 Å². The third kappa shape index (κ3) is 5.40. The fourth-order valence-corrected chi connectivity index (χ4v) is 4.23. The molecule has 0 atom stereocenters. The van der Waals surface area contributed by atoms with E-state index in [4.69, 9.17) is 10.5 Å². The minimum atomic E-state index is -0.520. The summed E-state index contributed by atoms with van der Waals surface area (Å²) in [7, 11) is 1.74. The maximum Gasteiger partial charge on any atom is 0.319 e. The van der Waals surface area contributed by atoms with Gasteiger partial charge in [0, 0.05) is 43.9 Å². The van der Waals surface area contributed by atoms with Crippen molar-refractivity contribution in [3.8, 4) is 12.1 Å². The summed E-state index contributed by atoms with van der Waals surface area (Å²) in [4.78, 5) is 42.0. The maximum atomic E-state index is 13.1. The smallest absolute Gasteiger partial charge is 0.319 e. The van der Waals surface area contributed by atoms with Gasteiger partial charge < -0.3 is 20.3 Å². The van der Waals surface area contributed by atoms with E-state index in [0.717, 1.165) is 36.9 Å². The van der Waals surface area contributed by atoms with Crippen LogP contribution in [-0.4, -0.2) is 64.5 Å². The van der Waals surface area contributed by atoms with Crippen molar-refractivity contribution in [3.05, 3.63) is 40.8 Å². The fourth-order valence-electron chi connectivity index (χ4n) is 4.23. The van der Waals surface area contributed by atoms with Crippen molar-refractivity contribution in [2.45, 2.75) is 58.4 Å². The minimum absolute atomic E-state index is 0.0108. The van der Waals surface area contributed by atoms with Crippen LogP contribution in [0.25, 0.3) is 0 Å². The molecule has 0 radical (unpaired) electrons. The molecule has 0 aromatic carbocycles. The Bertz CT molecular complexity index is 1190. The zero-order valence-electron chi connectivity index (χ0n) is 21.3. The second-order valence-corrected chi connectivity index (χ2v) is 10.1. The minimum Gasteiger partial charge on any atom is -0.462 e. The average Bonchev–Trinajstić information content (AvgIpc) is 3.67. The molecule has 1 saturated heterocycles. The number of hydrogen-bond donors (Lipinski definition) is 1. The number of nitriles is 1. The molecule has 190 valence electrons. The van der Waals surface area contributed by atoms with Crippen molar-refractivity contribution >= 4 is 17.6 Å². The van der Waals surface area contributed by atoms with Crippen molar-refractivity contribution in [1.29, 1.82) is 5.26 Å². The first-order valence-corrected chi connectivity index (χ1v) is 12.3. The van der Waals surface area contributed by atoms with E-state index in [1.165, 1.54) is 0 Å². The van der Waals surface area contributed by atoms with E-state index < -0.39 is 11.3 Å². The van der Waals surface area contributed by atoms with Crippen molar-refractivity contribution < 1.29 is 14.3 Å². The molecule has 2 amide bonds. The highest BCUT2D eigenvalue weighted by Gasteiger charge is 2.44. The normalized spacial score (nSPS) is 16.9. The zero-order valence-corrected chi connectivity index (χ0v) is 21.3. The summed E-state index contributed by atoms with van der Waals surface area (Å²) in [6.45, 7) is 7.30. The lowest BCUT2D eigenvalue weighted by Crippen LogP contribution is -2.36. The number of pyridine rings is 1. The summed E-state index contributed by atoms with van der Waals surface area (Å²) in [5.74, 6) is 0.0809. The SMILES string of the molecule is Cc1ccc(C2CCN(c3cc(C(=O)N(C)C(C)C)nc(OCC4(C#N)CC4)n3)CC2)nc1C(N)=O. The van der Waals surface area contributed by atoms with Gasteiger partial charge in [-0.25, -0.2) is 4.98 Å². The third-order valence-electron chi connectivity index (χ3n) is 7.16. The topological polar surface area (TPSA) is 138 Å². The molecule has 2 aromatic rings. The van der Waals surface area contributed by atoms with E-state index in [-0.39, 0.29) is 36.2 Å². The molecular formula is C26H33N7O3. The van der Waals surface area contributed by atoms with Gasteiger partial charge in [0.05, 0.1) is 11.5 Å². The van der Waals surface area contributed by atoms with Crippen molar-refractivity contribution in [2.75, 3.05) is 31.6 Å². The lowest BCUT2D eigenvalue weighted by molar-refractivity contribution is 0.0747. The zero-order chi connectivity index (χ0) is 26.0. The van der Waals surface area contributed by atoms with E-state index >= 15 is 0 Å². The first kappa shape index (κ1) is 25.4. The summed E-state index contributed by atoms with van der Waals surface area (Å²) < 4.78 is 5.83. The van der Waals surface area contributed by atoms with Crippen LogP contribution in [0.4, 0.5) is 5.82 Å². The van der Waals surface area contributed by atoms with Crippen LogP contribution in [0, 0.1) is 23.7 Å². The number of nitrogens with zero attached hydrogens (tertiary/aromatic N) is 6. The molecule has 0 unspecified atom stereocenters. The second-order valence-electron chi connectivity index (χ2n) is 10.1. The molecule has 2 aromatic heterocycles.